The Hall–Kier alpha value is -0.643. The maximum Gasteiger partial charge on any atom is 0.263 e. The Labute approximate surface area is 99.6 Å². The summed E-state index contributed by atoms with van der Waals surface area (Å²) in [5.41, 5.74) is 1.01. The summed E-state index contributed by atoms with van der Waals surface area (Å²) >= 11 is 0. The molecule has 0 bridgehead atoms. The van der Waals surface area contributed by atoms with Crippen molar-refractivity contribution in [2.24, 2.45) is 0 Å². The van der Waals surface area contributed by atoms with Crippen LogP contribution in [-0.4, -0.2) is 13.9 Å². The first-order valence-electron chi connectivity index (χ1n) is 5.65. The second kappa shape index (κ2) is 4.70. The average molecular weight is 238 g/mol. The number of rotatable bonds is 3. The Morgan fingerprint density at radius 3 is 2.25 bits per heavy atom. The van der Waals surface area contributed by atoms with E-state index in [0.717, 1.165) is 0 Å². The van der Waals surface area contributed by atoms with Crippen molar-refractivity contribution in [3.63, 3.8) is 0 Å². The van der Waals surface area contributed by atoms with Gasteiger partial charge >= 0.3 is 0 Å². The van der Waals surface area contributed by atoms with Crippen LogP contribution < -0.4 is 5.19 Å². The lowest BCUT2D eigenvalue weighted by Crippen LogP contribution is -2.46. The van der Waals surface area contributed by atoms with Crippen molar-refractivity contribution in [1.29, 1.82) is 0 Å². The minimum Gasteiger partial charge on any atom is -0.281 e. The van der Waals surface area contributed by atoms with E-state index in [9.17, 15) is 0 Å². The van der Waals surface area contributed by atoms with E-state index < -0.39 is 8.32 Å². The topological polar surface area (TPSA) is 18.5 Å². The van der Waals surface area contributed by atoms with E-state index in [1.165, 1.54) is 10.8 Å². The molecule has 0 aliphatic rings. The highest BCUT2D eigenvalue weighted by Crippen LogP contribution is 2.14. The van der Waals surface area contributed by atoms with Gasteiger partial charge in [-0.1, -0.05) is 29.8 Å². The standard InChI is InChI=1S/C13H22O2Si/c1-11-8-7-9-12(10-11)16(5,6)15-14-13(2,3)4/h7-10H,1-6H3. The van der Waals surface area contributed by atoms with Crippen LogP contribution in [0.4, 0.5) is 0 Å². The second-order valence-electron chi connectivity index (χ2n) is 5.66. The Kier molecular flexibility index (Phi) is 3.94. The third kappa shape index (κ3) is 4.08. The molecule has 0 fully saturated rings. The van der Waals surface area contributed by atoms with Crippen molar-refractivity contribution < 1.29 is 9.46 Å². The summed E-state index contributed by atoms with van der Waals surface area (Å²) in [5.74, 6) is 0. The molecule has 0 N–H and O–H groups in total. The Morgan fingerprint density at radius 1 is 1.12 bits per heavy atom. The van der Waals surface area contributed by atoms with E-state index in [1.54, 1.807) is 0 Å². The first-order valence-corrected chi connectivity index (χ1v) is 8.55. The molecule has 0 saturated heterocycles. The molecule has 0 radical (unpaired) electrons. The van der Waals surface area contributed by atoms with Gasteiger partial charge in [-0.15, -0.1) is 0 Å². The van der Waals surface area contributed by atoms with Crippen molar-refractivity contribution in [2.45, 2.75) is 46.4 Å². The summed E-state index contributed by atoms with van der Waals surface area (Å²) in [7, 11) is -1.94. The molecule has 1 rings (SSSR count). The Bertz CT molecular complexity index is 353. The quantitative estimate of drug-likeness (QED) is 0.457. The normalized spacial score (nSPS) is 12.9. The molecule has 0 amide bonds. The van der Waals surface area contributed by atoms with Gasteiger partial charge in [0.2, 0.25) is 0 Å². The van der Waals surface area contributed by atoms with Crippen LogP contribution in [0.15, 0.2) is 24.3 Å². The number of aryl methyl sites for hydroxylation is 1. The zero-order valence-electron chi connectivity index (χ0n) is 11.1. The Morgan fingerprint density at radius 2 is 1.75 bits per heavy atom. The van der Waals surface area contributed by atoms with E-state index in [-0.39, 0.29) is 5.60 Å². The molecule has 0 spiro atoms. The highest BCUT2D eigenvalue weighted by atomic mass is 28.4. The number of benzene rings is 1. The fourth-order valence-corrected chi connectivity index (χ4v) is 2.92. The molecule has 0 aliphatic carbocycles. The van der Waals surface area contributed by atoms with Gasteiger partial charge in [-0.2, -0.15) is 0 Å². The maximum absolute atomic E-state index is 5.67. The molecule has 0 saturated carbocycles. The van der Waals surface area contributed by atoms with E-state index in [0.29, 0.717) is 0 Å². The first-order chi connectivity index (χ1) is 7.21. The van der Waals surface area contributed by atoms with Gasteiger partial charge in [0.25, 0.3) is 8.32 Å². The van der Waals surface area contributed by atoms with Gasteiger partial charge in [0.05, 0.1) is 5.60 Å². The summed E-state index contributed by atoms with van der Waals surface area (Å²) < 4.78 is 5.67. The molecule has 2 nitrogen and oxygen atoms in total. The van der Waals surface area contributed by atoms with Crippen LogP contribution in [0.1, 0.15) is 26.3 Å². The minimum atomic E-state index is -1.94. The van der Waals surface area contributed by atoms with Gasteiger partial charge in [0.1, 0.15) is 0 Å². The molecule has 0 aliphatic heterocycles. The van der Waals surface area contributed by atoms with Crippen LogP contribution in [0.3, 0.4) is 0 Å². The van der Waals surface area contributed by atoms with Crippen LogP contribution in [0.5, 0.6) is 0 Å². The van der Waals surface area contributed by atoms with Crippen molar-refractivity contribution >= 4 is 13.5 Å². The zero-order chi connectivity index (χ0) is 12.4. The smallest absolute Gasteiger partial charge is 0.263 e. The maximum atomic E-state index is 5.67. The van der Waals surface area contributed by atoms with Gasteiger partial charge in [-0.05, 0) is 46.0 Å². The van der Waals surface area contributed by atoms with Crippen LogP contribution >= 0.6 is 0 Å². The second-order valence-corrected chi connectivity index (χ2v) is 9.42. The van der Waals surface area contributed by atoms with E-state index in [1.807, 2.05) is 20.8 Å². The zero-order valence-corrected chi connectivity index (χ0v) is 12.1. The molecule has 1 aromatic rings. The van der Waals surface area contributed by atoms with Crippen molar-refractivity contribution in [1.82, 2.24) is 0 Å². The molecule has 0 aromatic heterocycles. The van der Waals surface area contributed by atoms with Gasteiger partial charge in [0.15, 0.2) is 0 Å². The molecule has 3 heteroatoms. The average Bonchev–Trinajstić information content (AvgIpc) is 2.14. The van der Waals surface area contributed by atoms with Crippen molar-refractivity contribution in [3.05, 3.63) is 29.8 Å². The van der Waals surface area contributed by atoms with E-state index in [4.69, 9.17) is 9.46 Å². The molecule has 0 heterocycles. The van der Waals surface area contributed by atoms with Gasteiger partial charge in [0, 0.05) is 0 Å². The lowest BCUT2D eigenvalue weighted by molar-refractivity contribution is -0.283. The third-order valence-electron chi connectivity index (χ3n) is 2.21. The fraction of sp³-hybridized carbons (Fsp3) is 0.538. The van der Waals surface area contributed by atoms with Crippen LogP contribution in [0.25, 0.3) is 0 Å². The van der Waals surface area contributed by atoms with Crippen LogP contribution in [-0.2, 0) is 9.46 Å². The molecule has 90 valence electrons. The van der Waals surface area contributed by atoms with Crippen LogP contribution in [0, 0.1) is 6.92 Å². The molecule has 16 heavy (non-hydrogen) atoms. The molecule has 0 unspecified atom stereocenters. The van der Waals surface area contributed by atoms with Crippen molar-refractivity contribution in [2.75, 3.05) is 0 Å². The van der Waals surface area contributed by atoms with E-state index >= 15 is 0 Å². The van der Waals surface area contributed by atoms with Gasteiger partial charge < -0.3 is 0 Å². The molecule has 0 atom stereocenters. The highest BCUT2D eigenvalue weighted by molar-refractivity contribution is 6.84. The summed E-state index contributed by atoms with van der Waals surface area (Å²) in [6.45, 7) is 12.4. The number of hydrogen-bond acceptors (Lipinski definition) is 2. The first kappa shape index (κ1) is 13.4. The number of hydrogen-bond donors (Lipinski definition) is 0. The summed E-state index contributed by atoms with van der Waals surface area (Å²) in [6.07, 6.45) is 0. The SMILES string of the molecule is Cc1cccc([Si](C)(C)OOC(C)(C)C)c1. The summed E-state index contributed by atoms with van der Waals surface area (Å²) in [5, 5.41) is 1.26. The predicted octanol–water partition coefficient (Wildman–Crippen LogP) is 3.15. The fourth-order valence-electron chi connectivity index (χ4n) is 1.30. The lowest BCUT2D eigenvalue weighted by atomic mass is 10.2. The largest absolute Gasteiger partial charge is 0.281 e. The Balaban J connectivity index is 2.77. The molecular weight excluding hydrogens is 216 g/mol. The summed E-state index contributed by atoms with van der Waals surface area (Å²) in [6, 6.07) is 8.46. The monoisotopic (exact) mass is 238 g/mol. The summed E-state index contributed by atoms with van der Waals surface area (Å²) in [4.78, 5) is 5.45. The van der Waals surface area contributed by atoms with Crippen molar-refractivity contribution in [3.8, 4) is 0 Å². The molecular formula is C13H22O2Si. The van der Waals surface area contributed by atoms with Crippen LogP contribution in [0.2, 0.25) is 13.1 Å². The van der Waals surface area contributed by atoms with Gasteiger partial charge in [-0.3, -0.25) is 4.58 Å². The predicted molar refractivity (Wildman–Crippen MR) is 70.2 cm³/mol. The lowest BCUT2D eigenvalue weighted by Gasteiger charge is -2.27. The highest BCUT2D eigenvalue weighted by Gasteiger charge is 2.29. The van der Waals surface area contributed by atoms with E-state index in [2.05, 4.69) is 44.3 Å². The third-order valence-corrected chi connectivity index (χ3v) is 4.41. The van der Waals surface area contributed by atoms with Gasteiger partial charge in [-0.25, -0.2) is 4.89 Å². The molecule has 1 aromatic carbocycles. The minimum absolute atomic E-state index is 0.256.